The summed E-state index contributed by atoms with van der Waals surface area (Å²) in [5, 5.41) is 12.5. The highest BCUT2D eigenvalue weighted by atomic mass is 32.2. The predicted molar refractivity (Wildman–Crippen MR) is 133 cm³/mol. The van der Waals surface area contributed by atoms with E-state index in [1.807, 2.05) is 54.0 Å². The van der Waals surface area contributed by atoms with Crippen molar-refractivity contribution in [2.24, 2.45) is 0 Å². The fraction of sp³-hybridized carbons (Fsp3) is 0.192. The largest absolute Gasteiger partial charge is 0.495 e. The number of ether oxygens (including phenoxy) is 1. The van der Waals surface area contributed by atoms with Crippen molar-refractivity contribution in [2.45, 2.75) is 25.9 Å². The first-order valence-corrected chi connectivity index (χ1v) is 11.6. The van der Waals surface area contributed by atoms with Crippen molar-refractivity contribution < 1.29 is 9.53 Å². The number of carbonyl (C=O) groups is 1. The highest BCUT2D eigenvalue weighted by Crippen LogP contribution is 2.29. The molecule has 0 aliphatic heterocycles. The minimum absolute atomic E-state index is 0.139. The van der Waals surface area contributed by atoms with Gasteiger partial charge in [-0.05, 0) is 56.7 Å². The summed E-state index contributed by atoms with van der Waals surface area (Å²) in [6, 6.07) is 22.0. The van der Waals surface area contributed by atoms with Crippen LogP contribution in [0.1, 0.15) is 16.7 Å². The van der Waals surface area contributed by atoms with Gasteiger partial charge in [-0.1, -0.05) is 59.3 Å². The maximum absolute atomic E-state index is 12.7. The molecule has 0 radical (unpaired) electrons. The number of carbonyl (C=O) groups excluding carboxylic acids is 1. The molecular formula is C26H26N4O2S. The van der Waals surface area contributed by atoms with E-state index in [1.54, 1.807) is 7.11 Å². The standard InChI is InChI=1S/C26H26N4O2S/c1-17-8-11-21(12-9-17)30-25(20-7-5-6-18(2)14-20)28-29-26(30)33-16-24(31)27-22-15-19(3)10-13-23(22)32-4/h5-15H,16H2,1-4H3,(H,27,31). The second-order valence-corrected chi connectivity index (χ2v) is 8.83. The Kier molecular flexibility index (Phi) is 6.79. The Hall–Kier alpha value is -3.58. The van der Waals surface area contributed by atoms with Crippen molar-refractivity contribution in [3.05, 3.63) is 83.4 Å². The third-order valence-electron chi connectivity index (χ3n) is 5.16. The van der Waals surface area contributed by atoms with Crippen molar-refractivity contribution in [1.82, 2.24) is 14.8 Å². The predicted octanol–water partition coefficient (Wildman–Crippen LogP) is 5.60. The van der Waals surface area contributed by atoms with Crippen molar-refractivity contribution in [3.63, 3.8) is 0 Å². The molecule has 4 rings (SSSR count). The van der Waals surface area contributed by atoms with Gasteiger partial charge in [0, 0.05) is 11.3 Å². The summed E-state index contributed by atoms with van der Waals surface area (Å²) in [5.74, 6) is 1.42. The first-order valence-electron chi connectivity index (χ1n) is 10.6. The molecule has 0 aliphatic carbocycles. The number of benzene rings is 3. The van der Waals surface area contributed by atoms with Crippen LogP contribution < -0.4 is 10.1 Å². The number of aryl methyl sites for hydroxylation is 3. The van der Waals surface area contributed by atoms with Gasteiger partial charge in [0.2, 0.25) is 5.91 Å². The Balaban J connectivity index is 1.61. The molecule has 1 N–H and O–H groups in total. The molecule has 6 nitrogen and oxygen atoms in total. The molecule has 0 fully saturated rings. The lowest BCUT2D eigenvalue weighted by molar-refractivity contribution is -0.113. The number of hydrogen-bond acceptors (Lipinski definition) is 5. The van der Waals surface area contributed by atoms with E-state index in [4.69, 9.17) is 4.74 Å². The lowest BCUT2D eigenvalue weighted by Gasteiger charge is -2.12. The Morgan fingerprint density at radius 1 is 0.939 bits per heavy atom. The number of hydrogen-bond donors (Lipinski definition) is 1. The summed E-state index contributed by atoms with van der Waals surface area (Å²) in [7, 11) is 1.59. The first kappa shape index (κ1) is 22.6. The van der Waals surface area contributed by atoms with E-state index in [0.717, 1.165) is 28.2 Å². The molecule has 168 valence electrons. The molecule has 0 atom stereocenters. The molecule has 1 amide bonds. The quantitative estimate of drug-likeness (QED) is 0.365. The van der Waals surface area contributed by atoms with Crippen LogP contribution in [-0.4, -0.2) is 33.5 Å². The molecule has 0 unspecified atom stereocenters. The van der Waals surface area contributed by atoms with Gasteiger partial charge in [0.1, 0.15) is 5.75 Å². The van der Waals surface area contributed by atoms with Gasteiger partial charge < -0.3 is 10.1 Å². The highest BCUT2D eigenvalue weighted by Gasteiger charge is 2.18. The van der Waals surface area contributed by atoms with Crippen LogP contribution >= 0.6 is 11.8 Å². The van der Waals surface area contributed by atoms with Crippen LogP contribution in [0.5, 0.6) is 5.75 Å². The average Bonchev–Trinajstić information content (AvgIpc) is 3.22. The second-order valence-electron chi connectivity index (χ2n) is 7.89. The zero-order valence-electron chi connectivity index (χ0n) is 19.1. The van der Waals surface area contributed by atoms with Gasteiger partial charge in [0.05, 0.1) is 18.6 Å². The fourth-order valence-corrected chi connectivity index (χ4v) is 4.25. The summed E-state index contributed by atoms with van der Waals surface area (Å²) >= 11 is 1.35. The van der Waals surface area contributed by atoms with Crippen LogP contribution in [0.25, 0.3) is 17.1 Å². The fourth-order valence-electron chi connectivity index (χ4n) is 3.50. The molecule has 33 heavy (non-hydrogen) atoms. The van der Waals surface area contributed by atoms with Crippen molar-refractivity contribution in [1.29, 1.82) is 0 Å². The Bertz CT molecular complexity index is 1280. The minimum Gasteiger partial charge on any atom is -0.495 e. The molecule has 0 bridgehead atoms. The van der Waals surface area contributed by atoms with Gasteiger partial charge in [-0.3, -0.25) is 9.36 Å². The normalized spacial score (nSPS) is 10.8. The van der Waals surface area contributed by atoms with Crippen LogP contribution in [-0.2, 0) is 4.79 Å². The monoisotopic (exact) mass is 458 g/mol. The SMILES string of the molecule is COc1ccc(C)cc1NC(=O)CSc1nnc(-c2cccc(C)c2)n1-c1ccc(C)cc1. The summed E-state index contributed by atoms with van der Waals surface area (Å²) in [5.41, 5.74) is 5.94. The lowest BCUT2D eigenvalue weighted by Crippen LogP contribution is -2.15. The van der Waals surface area contributed by atoms with E-state index in [1.165, 1.54) is 17.3 Å². The Labute approximate surface area is 198 Å². The van der Waals surface area contributed by atoms with Crippen LogP contribution in [0.15, 0.2) is 71.9 Å². The Morgan fingerprint density at radius 2 is 1.67 bits per heavy atom. The van der Waals surface area contributed by atoms with Crippen LogP contribution in [0, 0.1) is 20.8 Å². The smallest absolute Gasteiger partial charge is 0.234 e. The van der Waals surface area contributed by atoms with E-state index < -0.39 is 0 Å². The lowest BCUT2D eigenvalue weighted by atomic mass is 10.1. The number of aromatic nitrogens is 3. The summed E-state index contributed by atoms with van der Waals surface area (Å²) in [4.78, 5) is 12.7. The van der Waals surface area contributed by atoms with Crippen molar-refractivity contribution in [3.8, 4) is 22.8 Å². The third-order valence-corrected chi connectivity index (χ3v) is 6.09. The molecule has 1 aromatic heterocycles. The number of methoxy groups -OCH3 is 1. The zero-order valence-corrected chi connectivity index (χ0v) is 19.9. The molecule has 0 spiro atoms. The van der Waals surface area contributed by atoms with Crippen molar-refractivity contribution >= 4 is 23.4 Å². The maximum atomic E-state index is 12.7. The molecule has 0 saturated heterocycles. The number of amides is 1. The number of rotatable bonds is 7. The number of thioether (sulfide) groups is 1. The van der Waals surface area contributed by atoms with Crippen LogP contribution in [0.3, 0.4) is 0 Å². The molecule has 1 heterocycles. The Morgan fingerprint density at radius 3 is 2.39 bits per heavy atom. The van der Waals surface area contributed by atoms with Gasteiger partial charge in [-0.25, -0.2) is 0 Å². The molecule has 7 heteroatoms. The third kappa shape index (κ3) is 5.26. The minimum atomic E-state index is -0.139. The van der Waals surface area contributed by atoms with E-state index in [9.17, 15) is 4.79 Å². The van der Waals surface area contributed by atoms with Gasteiger partial charge in [0.15, 0.2) is 11.0 Å². The van der Waals surface area contributed by atoms with Gasteiger partial charge in [-0.2, -0.15) is 0 Å². The summed E-state index contributed by atoms with van der Waals surface area (Å²) in [6.45, 7) is 6.08. The number of anilines is 1. The molecule has 4 aromatic rings. The number of nitrogens with zero attached hydrogens (tertiary/aromatic N) is 3. The van der Waals surface area contributed by atoms with Crippen LogP contribution in [0.2, 0.25) is 0 Å². The second kappa shape index (κ2) is 9.92. The molecule has 3 aromatic carbocycles. The van der Waals surface area contributed by atoms with Gasteiger partial charge in [0.25, 0.3) is 0 Å². The average molecular weight is 459 g/mol. The highest BCUT2D eigenvalue weighted by molar-refractivity contribution is 7.99. The molecule has 0 saturated carbocycles. The maximum Gasteiger partial charge on any atom is 0.234 e. The van der Waals surface area contributed by atoms with E-state index in [-0.39, 0.29) is 11.7 Å². The van der Waals surface area contributed by atoms with Gasteiger partial charge >= 0.3 is 0 Å². The zero-order chi connectivity index (χ0) is 23.4. The topological polar surface area (TPSA) is 69.0 Å². The molecular weight excluding hydrogens is 432 g/mol. The van der Waals surface area contributed by atoms with E-state index in [2.05, 4.69) is 53.6 Å². The summed E-state index contributed by atoms with van der Waals surface area (Å²) in [6.07, 6.45) is 0. The van der Waals surface area contributed by atoms with Crippen LogP contribution in [0.4, 0.5) is 5.69 Å². The van der Waals surface area contributed by atoms with E-state index >= 15 is 0 Å². The van der Waals surface area contributed by atoms with Crippen molar-refractivity contribution in [2.75, 3.05) is 18.2 Å². The molecule has 0 aliphatic rings. The van der Waals surface area contributed by atoms with Gasteiger partial charge in [-0.15, -0.1) is 10.2 Å². The first-order chi connectivity index (χ1) is 15.9. The summed E-state index contributed by atoms with van der Waals surface area (Å²) < 4.78 is 7.36. The van der Waals surface area contributed by atoms with E-state index in [0.29, 0.717) is 16.6 Å². The number of nitrogens with one attached hydrogen (secondary N) is 1.